The van der Waals surface area contributed by atoms with Gasteiger partial charge in [0.15, 0.2) is 0 Å². The van der Waals surface area contributed by atoms with Crippen molar-refractivity contribution < 1.29 is 17.9 Å². The zero-order chi connectivity index (χ0) is 24.2. The number of ether oxygens (including phenoxy) is 1. The lowest BCUT2D eigenvalue weighted by Gasteiger charge is -2.34. The first-order valence-electron chi connectivity index (χ1n) is 10.1. The number of halogens is 3. The smallest absolute Gasteiger partial charge is 0.392 e. The number of benzene rings is 1. The minimum atomic E-state index is -4.52. The van der Waals surface area contributed by atoms with Crippen molar-refractivity contribution in [3.63, 3.8) is 0 Å². The van der Waals surface area contributed by atoms with Crippen molar-refractivity contribution >= 4 is 27.9 Å². The van der Waals surface area contributed by atoms with Gasteiger partial charge in [-0.2, -0.15) is 18.4 Å². The van der Waals surface area contributed by atoms with Crippen LogP contribution in [0.3, 0.4) is 0 Å². The molecular weight excluding hydrogens is 473 g/mol. The van der Waals surface area contributed by atoms with Gasteiger partial charge >= 0.3 is 6.18 Å². The van der Waals surface area contributed by atoms with Crippen molar-refractivity contribution in [1.82, 2.24) is 10.2 Å². The van der Waals surface area contributed by atoms with Crippen molar-refractivity contribution in [2.45, 2.75) is 37.0 Å². The Balaban J connectivity index is 1.62. The first kappa shape index (κ1) is 25.1. The number of hydrogen-bond donors (Lipinski definition) is 4. The van der Waals surface area contributed by atoms with Gasteiger partial charge in [0.05, 0.1) is 40.1 Å². The van der Waals surface area contributed by atoms with Crippen LogP contribution in [-0.2, 0) is 16.7 Å². The molecule has 7 nitrogen and oxygen atoms in total. The van der Waals surface area contributed by atoms with E-state index in [2.05, 4.69) is 10.2 Å². The van der Waals surface area contributed by atoms with Crippen LogP contribution in [0.15, 0.2) is 40.8 Å². The number of morpholine rings is 1. The first-order chi connectivity index (χ1) is 15.6. The van der Waals surface area contributed by atoms with Crippen LogP contribution in [0.2, 0.25) is 0 Å². The van der Waals surface area contributed by atoms with E-state index >= 15 is 0 Å². The fourth-order valence-corrected chi connectivity index (χ4v) is 5.33. The number of nitrogens with zero attached hydrogens (tertiary/aromatic N) is 2. The molecule has 0 aliphatic carbocycles. The molecule has 2 heterocycles. The third-order valence-corrected chi connectivity index (χ3v) is 7.30. The molecule has 2 bridgehead atoms. The summed E-state index contributed by atoms with van der Waals surface area (Å²) in [5.41, 5.74) is 12.5. The fraction of sp³-hybridized carbons (Fsp3) is 0.429. The molecule has 0 radical (unpaired) electrons. The predicted molar refractivity (Wildman–Crippen MR) is 125 cm³/mol. The normalized spacial score (nSPS) is 21.4. The lowest BCUT2D eigenvalue weighted by molar-refractivity contribution is -0.137. The second-order valence-electron chi connectivity index (χ2n) is 7.62. The number of alkyl halides is 3. The molecule has 0 amide bonds. The van der Waals surface area contributed by atoms with Gasteiger partial charge in [-0.25, -0.2) is 0 Å². The highest BCUT2D eigenvalue weighted by molar-refractivity contribution is 8.39. The van der Waals surface area contributed by atoms with E-state index in [9.17, 15) is 18.4 Å². The summed E-state index contributed by atoms with van der Waals surface area (Å²) in [7, 11) is 1.70. The van der Waals surface area contributed by atoms with E-state index in [1.165, 1.54) is 6.07 Å². The molecule has 1 aromatic rings. The summed E-state index contributed by atoms with van der Waals surface area (Å²) in [6.07, 6.45) is -0.340. The number of nitrogens with two attached hydrogens (primary N) is 2. The molecule has 0 aromatic heterocycles. The molecule has 6 N–H and O–H groups in total. The molecule has 1 aromatic carbocycles. The Morgan fingerprint density at radius 3 is 2.58 bits per heavy atom. The number of likely N-dealkylation sites (tertiary alicyclic amines) is 1. The number of hydrogen-bond acceptors (Lipinski definition) is 9. The molecule has 12 heteroatoms. The van der Waals surface area contributed by atoms with Gasteiger partial charge < -0.3 is 26.4 Å². The van der Waals surface area contributed by atoms with Gasteiger partial charge in [0.2, 0.25) is 0 Å². The van der Waals surface area contributed by atoms with E-state index < -0.39 is 11.7 Å². The van der Waals surface area contributed by atoms with Gasteiger partial charge in [-0.05, 0) is 42.3 Å². The van der Waals surface area contributed by atoms with Crippen LogP contribution >= 0.6 is 23.5 Å². The summed E-state index contributed by atoms with van der Waals surface area (Å²) >= 11 is 2.09. The Labute approximate surface area is 198 Å². The Bertz CT molecular complexity index is 993. The summed E-state index contributed by atoms with van der Waals surface area (Å²) in [6.45, 7) is 1.45. The van der Waals surface area contributed by atoms with Crippen LogP contribution in [0.25, 0.3) is 0 Å². The standard InChI is InChI=1S/C21H25F3N6OS2/c1-29-17(7-18(26)30-9-15-4-5-16(10-30)31-15)19(27)33-20(28)32-11-12-2-3-14(21(22,23)24)6-13(12)8-25/h2-3,6-7,15-16,28-29H,4-5,9-11,26-27H2,1H3/b18-7+,19-17-,28-20?. The highest BCUT2D eigenvalue weighted by Crippen LogP contribution is 2.32. The molecule has 2 aliphatic rings. The number of thioether (sulfide) groups is 2. The van der Waals surface area contributed by atoms with Crippen LogP contribution < -0.4 is 16.8 Å². The maximum Gasteiger partial charge on any atom is 0.416 e. The highest BCUT2D eigenvalue weighted by Gasteiger charge is 2.34. The third-order valence-electron chi connectivity index (χ3n) is 5.35. The molecule has 0 saturated carbocycles. The Morgan fingerprint density at radius 2 is 2.00 bits per heavy atom. The number of nitrogens with one attached hydrogen (secondary N) is 2. The molecule has 2 saturated heterocycles. The van der Waals surface area contributed by atoms with Crippen LogP contribution in [0.5, 0.6) is 0 Å². The Morgan fingerprint density at radius 1 is 1.33 bits per heavy atom. The summed E-state index contributed by atoms with van der Waals surface area (Å²) in [6, 6.07) is 4.82. The van der Waals surface area contributed by atoms with Gasteiger partial charge in [0, 0.05) is 32.0 Å². The van der Waals surface area contributed by atoms with Gasteiger partial charge in [0.1, 0.15) is 10.2 Å². The van der Waals surface area contributed by atoms with Crippen molar-refractivity contribution in [1.29, 1.82) is 10.7 Å². The molecule has 178 valence electrons. The first-order valence-corrected chi connectivity index (χ1v) is 12.0. The van der Waals surface area contributed by atoms with Crippen LogP contribution in [0.4, 0.5) is 13.2 Å². The van der Waals surface area contributed by atoms with Crippen LogP contribution in [0.1, 0.15) is 29.5 Å². The molecule has 2 atom stereocenters. The highest BCUT2D eigenvalue weighted by atomic mass is 32.2. The van der Waals surface area contributed by atoms with Crippen LogP contribution in [0, 0.1) is 16.7 Å². The largest absolute Gasteiger partial charge is 0.416 e. The molecule has 0 spiro atoms. The summed E-state index contributed by atoms with van der Waals surface area (Å²) in [5.74, 6) is 0.731. The van der Waals surface area contributed by atoms with Gasteiger partial charge in [0.25, 0.3) is 0 Å². The SMILES string of the molecule is CNC(/C=C(\N)N1CC2CCC(C1)O2)=C(/N)SC(=N)SCc1ccc(C(F)(F)F)cc1C#N. The van der Waals surface area contributed by atoms with Crippen molar-refractivity contribution in [3.05, 3.63) is 57.5 Å². The quantitative estimate of drug-likeness (QED) is 0.267. The van der Waals surface area contributed by atoms with Crippen molar-refractivity contribution in [2.75, 3.05) is 20.1 Å². The number of fused-ring (bicyclic) bond motifs is 2. The minimum absolute atomic E-state index is 0.0651. The van der Waals surface area contributed by atoms with Gasteiger partial charge in [-0.1, -0.05) is 17.8 Å². The molecule has 2 fully saturated rings. The lowest BCUT2D eigenvalue weighted by Crippen LogP contribution is -2.44. The zero-order valence-corrected chi connectivity index (χ0v) is 19.5. The van der Waals surface area contributed by atoms with E-state index in [-0.39, 0.29) is 27.9 Å². The average Bonchev–Trinajstić information content (AvgIpc) is 3.12. The summed E-state index contributed by atoms with van der Waals surface area (Å²) in [4.78, 5) is 2.06. The maximum absolute atomic E-state index is 12.9. The fourth-order valence-electron chi connectivity index (χ4n) is 3.64. The Kier molecular flexibility index (Phi) is 8.10. The van der Waals surface area contributed by atoms with E-state index in [1.54, 1.807) is 19.2 Å². The van der Waals surface area contributed by atoms with E-state index in [4.69, 9.17) is 21.6 Å². The summed E-state index contributed by atoms with van der Waals surface area (Å²) in [5, 5.41) is 20.7. The Hall–Kier alpha value is -2.49. The molecule has 2 unspecified atom stereocenters. The third kappa shape index (κ3) is 6.52. The van der Waals surface area contributed by atoms with E-state index in [1.807, 2.05) is 0 Å². The van der Waals surface area contributed by atoms with Gasteiger partial charge in [-0.3, -0.25) is 5.41 Å². The molecular formula is C21H25F3N6OS2. The van der Waals surface area contributed by atoms with E-state index in [0.717, 1.165) is 61.6 Å². The minimum Gasteiger partial charge on any atom is -0.392 e. The number of nitriles is 1. The maximum atomic E-state index is 12.9. The molecule has 33 heavy (non-hydrogen) atoms. The van der Waals surface area contributed by atoms with Crippen molar-refractivity contribution in [3.8, 4) is 6.07 Å². The monoisotopic (exact) mass is 498 g/mol. The number of likely N-dealkylation sites (N-methyl/N-ethyl adjacent to an activating group) is 1. The molecule has 3 rings (SSSR count). The topological polar surface area (TPSA) is 124 Å². The van der Waals surface area contributed by atoms with Crippen molar-refractivity contribution in [2.24, 2.45) is 11.5 Å². The summed E-state index contributed by atoms with van der Waals surface area (Å²) < 4.78 is 44.5. The molecule has 2 aliphatic heterocycles. The number of allylic oxidation sites excluding steroid dienone is 1. The van der Waals surface area contributed by atoms with Gasteiger partial charge in [-0.15, -0.1) is 0 Å². The number of rotatable bonds is 6. The lowest BCUT2D eigenvalue weighted by atomic mass is 10.1. The van der Waals surface area contributed by atoms with Crippen LogP contribution in [-0.4, -0.2) is 41.6 Å². The van der Waals surface area contributed by atoms with E-state index in [0.29, 0.717) is 22.1 Å². The second-order valence-corrected chi connectivity index (χ2v) is 9.92. The zero-order valence-electron chi connectivity index (χ0n) is 17.9. The second kappa shape index (κ2) is 10.6. The average molecular weight is 499 g/mol. The predicted octanol–water partition coefficient (Wildman–Crippen LogP) is 3.49.